The van der Waals surface area contributed by atoms with Crippen molar-refractivity contribution in [3.8, 4) is 5.75 Å². The number of benzene rings is 2. The van der Waals surface area contributed by atoms with Crippen LogP contribution in [0.2, 0.25) is 0 Å². The van der Waals surface area contributed by atoms with Crippen molar-refractivity contribution in [3.05, 3.63) is 71.3 Å². The van der Waals surface area contributed by atoms with Crippen LogP contribution in [0, 0.1) is 17.8 Å². The lowest BCUT2D eigenvalue weighted by atomic mass is 9.64. The van der Waals surface area contributed by atoms with Crippen molar-refractivity contribution in [2.45, 2.75) is 76.1 Å². The summed E-state index contributed by atoms with van der Waals surface area (Å²) >= 11 is 4.64. The van der Waals surface area contributed by atoms with Crippen LogP contribution in [0.1, 0.15) is 74.9 Å². The second kappa shape index (κ2) is 14.8. The summed E-state index contributed by atoms with van der Waals surface area (Å²) in [6.07, 6.45) is 12.1. The largest absolute Gasteiger partial charge is 0.490 e. The van der Waals surface area contributed by atoms with Crippen molar-refractivity contribution in [3.63, 3.8) is 0 Å². The molecule has 45 heavy (non-hydrogen) atoms. The summed E-state index contributed by atoms with van der Waals surface area (Å²) in [7, 11) is 0.0536. The Labute approximate surface area is 276 Å². The van der Waals surface area contributed by atoms with Crippen LogP contribution < -0.4 is 14.4 Å². The van der Waals surface area contributed by atoms with Crippen LogP contribution >= 0.6 is 11.6 Å². The van der Waals surface area contributed by atoms with Gasteiger partial charge in [0.25, 0.3) is 5.91 Å². The van der Waals surface area contributed by atoms with E-state index in [1.165, 1.54) is 17.5 Å². The molecule has 1 fully saturated rings. The van der Waals surface area contributed by atoms with E-state index in [1.54, 1.807) is 13.2 Å². The van der Waals surface area contributed by atoms with Crippen LogP contribution in [0.25, 0.3) is 0 Å². The number of halogens is 1. The zero-order valence-corrected chi connectivity index (χ0v) is 27.8. The minimum absolute atomic E-state index is 0. The monoisotopic (exact) mass is 656 g/mol. The summed E-state index contributed by atoms with van der Waals surface area (Å²) in [6.45, 7) is 5.94. The standard InChI is InChI=1S/C34H42N2O5S.CH3Cl.CH4/c1-23-8-6-17-34(21-37,40-3)29-14-12-27(29)19-36-20-33(16-7-10-25-9-4-5-11-28(25)33)22-41-31-15-13-26(18-30(31)36)32(38)35-42(39)24(23)2;1-2;/h4-6,9,11,13,15,17-18,21,23-24,27,29H,7-8,10,12,14,16,19-20,22H2,1-3H3,(H,35,38);1H3;1H4/b17-6+;;/t23?,24?,27?,29?,33-,34-,42?;;/m0../s1. The fourth-order valence-electron chi connectivity index (χ4n) is 7.52. The van der Waals surface area contributed by atoms with Crippen molar-refractivity contribution in [1.29, 1.82) is 0 Å². The number of nitrogens with one attached hydrogen (secondary N) is 1. The Balaban J connectivity index is 0.00000151. The van der Waals surface area contributed by atoms with E-state index in [0.29, 0.717) is 18.6 Å². The summed E-state index contributed by atoms with van der Waals surface area (Å²) in [4.78, 5) is 28.4. The molecule has 0 aromatic heterocycles. The molecule has 2 aromatic rings. The minimum Gasteiger partial charge on any atom is -0.490 e. The third-order valence-corrected chi connectivity index (χ3v) is 12.0. The Kier molecular flexibility index (Phi) is 11.6. The van der Waals surface area contributed by atoms with E-state index in [-0.39, 0.29) is 41.8 Å². The van der Waals surface area contributed by atoms with E-state index in [9.17, 15) is 13.8 Å². The number of ether oxygens (including phenoxy) is 2. The molecular formula is C36H49ClN2O5S. The molecule has 246 valence electrons. The quantitative estimate of drug-likeness (QED) is 0.222. The van der Waals surface area contributed by atoms with Crippen molar-refractivity contribution < 1.29 is 23.3 Å². The lowest BCUT2D eigenvalue weighted by Gasteiger charge is -2.48. The van der Waals surface area contributed by atoms with Crippen LogP contribution in [0.15, 0.2) is 54.6 Å². The highest BCUT2D eigenvalue weighted by Gasteiger charge is 2.49. The van der Waals surface area contributed by atoms with Crippen LogP contribution in [0.4, 0.5) is 5.69 Å². The maximum Gasteiger partial charge on any atom is 0.263 e. The van der Waals surface area contributed by atoms with Gasteiger partial charge in [0.2, 0.25) is 0 Å². The zero-order chi connectivity index (χ0) is 31.5. The molecule has 2 heterocycles. The van der Waals surface area contributed by atoms with Gasteiger partial charge in [0.05, 0.1) is 17.5 Å². The van der Waals surface area contributed by atoms with Crippen molar-refractivity contribution in [2.75, 3.05) is 38.1 Å². The number of rotatable bonds is 2. The second-order valence-electron chi connectivity index (χ2n) is 12.8. The number of amides is 1. The number of hydrogen-bond donors (Lipinski definition) is 1. The number of aldehydes is 1. The lowest BCUT2D eigenvalue weighted by Crippen LogP contribution is -2.53. The van der Waals surface area contributed by atoms with Gasteiger partial charge in [-0.1, -0.05) is 44.7 Å². The summed E-state index contributed by atoms with van der Waals surface area (Å²) in [5.41, 5.74) is 2.87. The first kappa shape index (κ1) is 35.2. The molecule has 4 aliphatic rings. The Morgan fingerprint density at radius 2 is 1.93 bits per heavy atom. The predicted octanol–water partition coefficient (Wildman–Crippen LogP) is 6.64. The van der Waals surface area contributed by atoms with Crippen LogP contribution in [0.5, 0.6) is 5.75 Å². The molecule has 1 saturated carbocycles. The fourth-order valence-corrected chi connectivity index (χ4v) is 8.54. The van der Waals surface area contributed by atoms with Crippen LogP contribution in [0.3, 0.4) is 0 Å². The highest BCUT2D eigenvalue weighted by atomic mass is 35.5. The molecule has 9 heteroatoms. The smallest absolute Gasteiger partial charge is 0.263 e. The van der Waals surface area contributed by atoms with Gasteiger partial charge in [-0.25, -0.2) is 4.21 Å². The molecule has 7 atom stereocenters. The van der Waals surface area contributed by atoms with E-state index < -0.39 is 16.6 Å². The van der Waals surface area contributed by atoms with Gasteiger partial charge in [-0.15, -0.1) is 11.6 Å². The third kappa shape index (κ3) is 6.75. The molecule has 2 aliphatic carbocycles. The van der Waals surface area contributed by atoms with Crippen molar-refractivity contribution in [2.24, 2.45) is 17.8 Å². The number of aryl methyl sites for hydroxylation is 1. The van der Waals surface area contributed by atoms with Gasteiger partial charge in [0.15, 0.2) is 6.29 Å². The molecule has 2 bridgehead atoms. The molecule has 1 spiro atoms. The number of fused-ring (bicyclic) bond motifs is 4. The highest BCUT2D eigenvalue weighted by Crippen LogP contribution is 2.48. The van der Waals surface area contributed by atoms with Gasteiger partial charge in [-0.2, -0.15) is 0 Å². The summed E-state index contributed by atoms with van der Waals surface area (Å²) in [5.74, 6) is 0.704. The zero-order valence-electron chi connectivity index (χ0n) is 26.2. The van der Waals surface area contributed by atoms with Gasteiger partial charge in [0, 0.05) is 43.5 Å². The van der Waals surface area contributed by atoms with Crippen molar-refractivity contribution in [1.82, 2.24) is 4.72 Å². The maximum atomic E-state index is 13.4. The molecule has 7 nitrogen and oxygen atoms in total. The van der Waals surface area contributed by atoms with Gasteiger partial charge >= 0.3 is 0 Å². The Morgan fingerprint density at radius 1 is 1.16 bits per heavy atom. The first-order chi connectivity index (χ1) is 21.3. The number of hydrogen-bond acceptors (Lipinski definition) is 6. The van der Waals surface area contributed by atoms with E-state index >= 15 is 0 Å². The first-order valence-electron chi connectivity index (χ1n) is 15.7. The second-order valence-corrected chi connectivity index (χ2v) is 14.4. The number of methoxy groups -OCH3 is 1. The lowest BCUT2D eigenvalue weighted by molar-refractivity contribution is -0.135. The SMILES string of the molecule is C.CCl.CO[C@]1(C=O)/C=C/CC(C)C(C)S(=O)NC(=O)c2ccc3c(c2)N(CC2CCC21)C[C@@]1(CCCc2ccccc21)CO3. The van der Waals surface area contributed by atoms with E-state index in [4.69, 9.17) is 9.47 Å². The number of carbonyl (C=O) groups is 2. The molecular weight excluding hydrogens is 608 g/mol. The molecule has 5 unspecified atom stereocenters. The molecule has 1 N–H and O–H groups in total. The summed E-state index contributed by atoms with van der Waals surface area (Å²) in [5, 5.41) is -0.275. The van der Waals surface area contributed by atoms with Gasteiger partial charge in [0.1, 0.15) is 22.3 Å². The minimum atomic E-state index is -1.57. The highest BCUT2D eigenvalue weighted by molar-refractivity contribution is 7.84. The molecule has 2 aliphatic heterocycles. The van der Waals surface area contributed by atoms with Gasteiger partial charge in [-0.05, 0) is 92.7 Å². The number of alkyl halides is 1. The number of allylic oxidation sites excluding steroid dienone is 1. The Bertz CT molecular complexity index is 1420. The van der Waals surface area contributed by atoms with Crippen LogP contribution in [-0.2, 0) is 32.4 Å². The van der Waals surface area contributed by atoms with E-state index in [1.807, 2.05) is 38.1 Å². The number of anilines is 1. The number of nitrogens with zero attached hydrogens (tertiary/aromatic N) is 1. The normalized spacial score (nSPS) is 33.2. The third-order valence-electron chi connectivity index (χ3n) is 10.5. The van der Waals surface area contributed by atoms with Gasteiger partial charge < -0.3 is 14.4 Å². The van der Waals surface area contributed by atoms with Gasteiger partial charge in [-0.3, -0.25) is 14.3 Å². The van der Waals surface area contributed by atoms with E-state index in [2.05, 4.69) is 45.5 Å². The van der Waals surface area contributed by atoms with Crippen LogP contribution in [-0.4, -0.2) is 60.4 Å². The molecule has 2 aromatic carbocycles. The Morgan fingerprint density at radius 3 is 2.64 bits per heavy atom. The molecule has 0 radical (unpaired) electrons. The topological polar surface area (TPSA) is 84.9 Å². The summed E-state index contributed by atoms with van der Waals surface area (Å²) < 4.78 is 28.5. The first-order valence-corrected chi connectivity index (χ1v) is 17.6. The summed E-state index contributed by atoms with van der Waals surface area (Å²) in [6, 6.07) is 14.3. The molecule has 6 rings (SSSR count). The average molecular weight is 657 g/mol. The van der Waals surface area contributed by atoms with Crippen molar-refractivity contribution >= 4 is 40.5 Å². The molecule has 1 amide bonds. The molecule has 0 saturated heterocycles. The number of carbonyl (C=O) groups excluding carboxylic acids is 2. The Hall–Kier alpha value is -2.68. The predicted molar refractivity (Wildman–Crippen MR) is 184 cm³/mol. The van der Waals surface area contributed by atoms with E-state index in [0.717, 1.165) is 62.9 Å². The maximum absolute atomic E-state index is 13.4. The average Bonchev–Trinajstić information content (AvgIpc) is 3.19. The fraction of sp³-hybridized carbons (Fsp3) is 0.556.